The second kappa shape index (κ2) is 12.3. The number of para-hydroxylation sites is 2. The molecule has 0 spiro atoms. The minimum Gasteiger partial charge on any atom is -0.497 e. The van der Waals surface area contributed by atoms with Crippen LogP contribution in [0.1, 0.15) is 5.69 Å². The van der Waals surface area contributed by atoms with Crippen LogP contribution in [0.2, 0.25) is 0 Å². The molecule has 0 amide bonds. The first-order chi connectivity index (χ1) is 19.4. The highest BCUT2D eigenvalue weighted by Crippen LogP contribution is 2.29. The van der Waals surface area contributed by atoms with Gasteiger partial charge in [0, 0.05) is 16.8 Å². The highest BCUT2D eigenvalue weighted by molar-refractivity contribution is 7.81. The maximum atomic E-state index is 6.10. The molecule has 0 aliphatic heterocycles. The Hall–Kier alpha value is -4.94. The monoisotopic (exact) mass is 568 g/mol. The molecule has 4 N–H and O–H groups in total. The number of thiocarbonyl (C=S) groups is 2. The van der Waals surface area contributed by atoms with E-state index < -0.39 is 0 Å². The molecule has 5 aromatic rings. The summed E-state index contributed by atoms with van der Waals surface area (Å²) in [5.74, 6) is 1.48. The third-order valence-electron chi connectivity index (χ3n) is 5.50. The molecule has 3 aromatic carbocycles. The summed E-state index contributed by atoms with van der Waals surface area (Å²) in [6, 6.07) is 26.5. The lowest BCUT2D eigenvalue weighted by Crippen LogP contribution is -2.23. The Labute approximate surface area is 241 Å². The number of anilines is 4. The van der Waals surface area contributed by atoms with Crippen LogP contribution in [0, 0.1) is 6.92 Å². The van der Waals surface area contributed by atoms with E-state index in [4.69, 9.17) is 33.9 Å². The Balaban J connectivity index is 1.42. The van der Waals surface area contributed by atoms with Crippen LogP contribution in [0.15, 0.2) is 84.9 Å². The fourth-order valence-electron chi connectivity index (χ4n) is 3.64. The van der Waals surface area contributed by atoms with Crippen LogP contribution in [-0.2, 0) is 0 Å². The highest BCUT2D eigenvalue weighted by atomic mass is 32.1. The molecule has 40 heavy (non-hydrogen) atoms. The van der Waals surface area contributed by atoms with Crippen LogP contribution in [0.3, 0.4) is 0 Å². The zero-order chi connectivity index (χ0) is 27.9. The number of nitrogens with zero attached hydrogens (tertiary/aromatic N) is 4. The molecule has 0 aliphatic carbocycles. The molecule has 0 bridgehead atoms. The van der Waals surface area contributed by atoms with E-state index in [0.717, 1.165) is 22.3 Å². The van der Waals surface area contributed by atoms with Crippen LogP contribution < -0.4 is 30.7 Å². The summed E-state index contributed by atoms with van der Waals surface area (Å²) in [7, 11) is 1.61. The van der Waals surface area contributed by atoms with Gasteiger partial charge in [0.15, 0.2) is 16.0 Å². The van der Waals surface area contributed by atoms with Gasteiger partial charge in [0.1, 0.15) is 5.75 Å². The van der Waals surface area contributed by atoms with Crippen molar-refractivity contribution in [3.8, 4) is 17.5 Å². The van der Waals surface area contributed by atoms with E-state index >= 15 is 0 Å². The Morgan fingerprint density at radius 3 is 1.80 bits per heavy atom. The minimum absolute atomic E-state index is 0.0113. The van der Waals surface area contributed by atoms with Gasteiger partial charge in [0.2, 0.25) is 11.9 Å². The Kier molecular flexibility index (Phi) is 8.18. The normalized spacial score (nSPS) is 10.4. The molecule has 0 saturated heterocycles. The van der Waals surface area contributed by atoms with Gasteiger partial charge < -0.3 is 30.7 Å². The molecule has 0 saturated carbocycles. The lowest BCUT2D eigenvalue weighted by Gasteiger charge is -2.14. The highest BCUT2D eigenvalue weighted by Gasteiger charge is 2.14. The van der Waals surface area contributed by atoms with Gasteiger partial charge in [-0.2, -0.15) is 15.0 Å². The van der Waals surface area contributed by atoms with Crippen LogP contribution in [0.25, 0.3) is 10.9 Å². The lowest BCUT2D eigenvalue weighted by molar-refractivity contribution is 0.415. The molecule has 0 aliphatic rings. The Morgan fingerprint density at radius 1 is 0.675 bits per heavy atom. The third kappa shape index (κ3) is 6.92. The van der Waals surface area contributed by atoms with Crippen molar-refractivity contribution in [2.45, 2.75) is 6.92 Å². The van der Waals surface area contributed by atoms with Crippen LogP contribution >= 0.6 is 24.4 Å². The van der Waals surface area contributed by atoms with Crippen molar-refractivity contribution in [1.82, 2.24) is 19.9 Å². The van der Waals surface area contributed by atoms with Gasteiger partial charge >= 0.3 is 6.01 Å². The summed E-state index contributed by atoms with van der Waals surface area (Å²) < 4.78 is 11.4. The molecular weight excluding hydrogens is 544 g/mol. The second-order valence-electron chi connectivity index (χ2n) is 8.39. The fraction of sp³-hybridized carbons (Fsp3) is 0.0714. The summed E-state index contributed by atoms with van der Waals surface area (Å²) in [4.78, 5) is 17.9. The predicted molar refractivity (Wildman–Crippen MR) is 166 cm³/mol. The van der Waals surface area contributed by atoms with Gasteiger partial charge in [-0.25, -0.2) is 4.98 Å². The molecule has 2 heterocycles. The van der Waals surface area contributed by atoms with Crippen molar-refractivity contribution in [2.24, 2.45) is 0 Å². The number of ether oxygens (including phenoxy) is 2. The molecule has 0 fully saturated rings. The summed E-state index contributed by atoms with van der Waals surface area (Å²) in [5, 5.41) is 13.6. The van der Waals surface area contributed by atoms with Crippen molar-refractivity contribution in [3.05, 3.63) is 90.6 Å². The quantitative estimate of drug-likeness (QED) is 0.169. The summed E-state index contributed by atoms with van der Waals surface area (Å²) in [5.41, 5.74) is 3.08. The largest absolute Gasteiger partial charge is 0.497 e. The van der Waals surface area contributed by atoms with Crippen LogP contribution in [-0.4, -0.2) is 37.3 Å². The number of aromatic nitrogens is 4. The molecule has 10 nitrogen and oxygen atoms in total. The number of methoxy groups -OCH3 is 1. The van der Waals surface area contributed by atoms with E-state index in [1.54, 1.807) is 7.11 Å². The molecule has 0 radical (unpaired) electrons. The number of hydrogen-bond donors (Lipinski definition) is 4. The van der Waals surface area contributed by atoms with Crippen molar-refractivity contribution < 1.29 is 9.47 Å². The number of pyridine rings is 1. The van der Waals surface area contributed by atoms with Crippen LogP contribution in [0.5, 0.6) is 17.5 Å². The maximum absolute atomic E-state index is 6.10. The van der Waals surface area contributed by atoms with Crippen molar-refractivity contribution in [3.63, 3.8) is 0 Å². The molecule has 2 aromatic heterocycles. The molecule has 0 atom stereocenters. The fourth-order valence-corrected chi connectivity index (χ4v) is 4.06. The van der Waals surface area contributed by atoms with E-state index in [0.29, 0.717) is 17.2 Å². The second-order valence-corrected chi connectivity index (χ2v) is 9.20. The van der Waals surface area contributed by atoms with E-state index in [-0.39, 0.29) is 28.1 Å². The van der Waals surface area contributed by atoms with Crippen molar-refractivity contribution in [1.29, 1.82) is 0 Å². The maximum Gasteiger partial charge on any atom is 0.328 e. The first kappa shape index (κ1) is 26.7. The van der Waals surface area contributed by atoms with Gasteiger partial charge in [0.25, 0.3) is 0 Å². The third-order valence-corrected chi connectivity index (χ3v) is 5.90. The standard InChI is InChI=1S/C28H24N8O2S2/c1-17-23(16-18-15-21(37-2)13-14-22(18)29-17)38-26-33-24(35-27(39)30-19-9-5-3-6-10-19)32-25(34-26)36-28(40)31-20-11-7-4-8-12-20/h3-16H,1-2H3,(H4,30,31,32,33,34,35,36,39,40). The molecule has 200 valence electrons. The number of hydrogen-bond acceptors (Lipinski definition) is 8. The van der Waals surface area contributed by atoms with Gasteiger partial charge in [-0.3, -0.25) is 0 Å². The zero-order valence-electron chi connectivity index (χ0n) is 21.5. The van der Waals surface area contributed by atoms with Crippen molar-refractivity contribution in [2.75, 3.05) is 28.4 Å². The van der Waals surface area contributed by atoms with E-state index in [9.17, 15) is 0 Å². The average Bonchev–Trinajstić information content (AvgIpc) is 2.94. The average molecular weight is 569 g/mol. The van der Waals surface area contributed by atoms with E-state index in [1.165, 1.54) is 0 Å². The smallest absolute Gasteiger partial charge is 0.328 e. The Bertz CT molecular complexity index is 1600. The number of rotatable bonds is 7. The number of nitrogens with one attached hydrogen (secondary N) is 4. The van der Waals surface area contributed by atoms with Gasteiger partial charge in [-0.15, -0.1) is 0 Å². The SMILES string of the molecule is COc1ccc2nc(C)c(Oc3nc(NC(=S)Nc4ccccc4)nc(NC(=S)Nc4ccccc4)n3)cc2c1. The summed E-state index contributed by atoms with van der Waals surface area (Å²) in [6.07, 6.45) is 0. The summed E-state index contributed by atoms with van der Waals surface area (Å²) in [6.45, 7) is 1.84. The van der Waals surface area contributed by atoms with E-state index in [2.05, 4.69) is 41.2 Å². The molecular formula is C28H24N8O2S2. The van der Waals surface area contributed by atoms with Crippen molar-refractivity contribution >= 4 is 68.8 Å². The topological polar surface area (TPSA) is 118 Å². The molecule has 12 heteroatoms. The molecule has 5 rings (SSSR count). The zero-order valence-corrected chi connectivity index (χ0v) is 23.1. The number of aryl methyl sites for hydroxylation is 1. The van der Waals surface area contributed by atoms with Gasteiger partial charge in [-0.05, 0) is 79.9 Å². The predicted octanol–water partition coefficient (Wildman–Crippen LogP) is 6.15. The first-order valence-corrected chi connectivity index (χ1v) is 12.9. The van der Waals surface area contributed by atoms with Gasteiger partial charge in [0.05, 0.1) is 18.3 Å². The minimum atomic E-state index is 0.0113. The first-order valence-electron chi connectivity index (χ1n) is 12.1. The van der Waals surface area contributed by atoms with Gasteiger partial charge in [-0.1, -0.05) is 36.4 Å². The van der Waals surface area contributed by atoms with Crippen LogP contribution in [0.4, 0.5) is 23.3 Å². The summed E-state index contributed by atoms with van der Waals surface area (Å²) >= 11 is 10.9. The lowest BCUT2D eigenvalue weighted by atomic mass is 10.2. The van der Waals surface area contributed by atoms with E-state index in [1.807, 2.05) is 91.9 Å². The number of benzene rings is 3. The Morgan fingerprint density at radius 2 is 1.25 bits per heavy atom. The molecule has 0 unspecified atom stereocenters. The number of fused-ring (bicyclic) bond motifs is 1.